The Balaban J connectivity index is 1.52. The largest absolute Gasteiger partial charge is 0.493 e. The van der Waals surface area contributed by atoms with Crippen molar-refractivity contribution in [3.05, 3.63) is 29.3 Å². The van der Waals surface area contributed by atoms with Crippen molar-refractivity contribution >= 4 is 11.6 Å². The Bertz CT molecular complexity index is 974. The number of ether oxygens (including phenoxy) is 3. The quantitative estimate of drug-likeness (QED) is 0.719. The highest BCUT2D eigenvalue weighted by molar-refractivity contribution is 5.99. The minimum Gasteiger partial charge on any atom is -0.493 e. The lowest BCUT2D eigenvalue weighted by Gasteiger charge is -2.58. The minimum absolute atomic E-state index is 0.0242. The standard InChI is InChI=1S/C23H26N2O4/c1-27-16-8-14-15(9-17(16)28-2)25-20(26)10-18-21-13-7-19-23(14,22(21)25)4-5-24(19)11-12(13)3-6-29-18/h3,8-9,13,18-19,21-22H,4-7,10-11H2,1-2H3/t13-,18-,19-,21-,22+,23-/m1/s1. The molecule has 1 saturated carbocycles. The van der Waals surface area contributed by atoms with Gasteiger partial charge in [-0.25, -0.2) is 0 Å². The molecule has 1 spiro atoms. The summed E-state index contributed by atoms with van der Waals surface area (Å²) in [6.07, 6.45) is 5.11. The van der Waals surface area contributed by atoms with Crippen molar-refractivity contribution in [2.45, 2.75) is 42.9 Å². The van der Waals surface area contributed by atoms with Gasteiger partial charge < -0.3 is 19.1 Å². The van der Waals surface area contributed by atoms with E-state index in [0.29, 0.717) is 36.7 Å². The minimum atomic E-state index is -0.0242. The molecule has 0 radical (unpaired) electrons. The predicted molar refractivity (Wildman–Crippen MR) is 107 cm³/mol. The second-order valence-corrected chi connectivity index (χ2v) is 9.48. The first kappa shape index (κ1) is 16.7. The fourth-order valence-corrected chi connectivity index (χ4v) is 7.87. The molecule has 1 aromatic rings. The lowest BCUT2D eigenvalue weighted by molar-refractivity contribution is -0.132. The summed E-state index contributed by atoms with van der Waals surface area (Å²) in [7, 11) is 3.36. The van der Waals surface area contributed by atoms with Crippen LogP contribution in [0.5, 0.6) is 11.5 Å². The van der Waals surface area contributed by atoms with E-state index in [9.17, 15) is 4.79 Å². The van der Waals surface area contributed by atoms with E-state index in [1.165, 1.54) is 12.0 Å². The zero-order chi connectivity index (χ0) is 19.5. The van der Waals surface area contributed by atoms with E-state index >= 15 is 0 Å². The van der Waals surface area contributed by atoms with Gasteiger partial charge in [-0.1, -0.05) is 11.6 Å². The Morgan fingerprint density at radius 2 is 2.03 bits per heavy atom. The highest BCUT2D eigenvalue weighted by Gasteiger charge is 2.71. The number of anilines is 1. The van der Waals surface area contributed by atoms with Gasteiger partial charge in [0.15, 0.2) is 11.5 Å². The van der Waals surface area contributed by atoms with E-state index in [2.05, 4.69) is 21.9 Å². The molecule has 4 fully saturated rings. The number of hydrogen-bond acceptors (Lipinski definition) is 5. The highest BCUT2D eigenvalue weighted by atomic mass is 16.5. The second kappa shape index (κ2) is 5.35. The van der Waals surface area contributed by atoms with Crippen molar-refractivity contribution in [2.75, 3.05) is 38.8 Å². The van der Waals surface area contributed by atoms with Crippen molar-refractivity contribution < 1.29 is 19.0 Å². The van der Waals surface area contributed by atoms with Gasteiger partial charge in [0.05, 0.1) is 45.1 Å². The zero-order valence-corrected chi connectivity index (χ0v) is 16.9. The molecule has 1 aliphatic carbocycles. The Hall–Kier alpha value is -2.05. The van der Waals surface area contributed by atoms with Crippen LogP contribution in [0.25, 0.3) is 0 Å². The molecule has 1 amide bonds. The lowest BCUT2D eigenvalue weighted by atomic mass is 9.53. The van der Waals surface area contributed by atoms with E-state index < -0.39 is 0 Å². The SMILES string of the molecule is COc1cc2c(cc1OC)[C@@]13CCN4CC5=CCO[C@@H]6CC(=O)N2[C@H]1[C@@H]6[C@@H]5C[C@@H]43. The van der Waals surface area contributed by atoms with Gasteiger partial charge in [0.25, 0.3) is 0 Å². The first-order chi connectivity index (χ1) is 14.2. The topological polar surface area (TPSA) is 51.2 Å². The molecule has 5 heterocycles. The fraction of sp³-hybridized carbons (Fsp3) is 0.609. The maximum absolute atomic E-state index is 13.5. The van der Waals surface area contributed by atoms with Gasteiger partial charge >= 0.3 is 0 Å². The van der Waals surface area contributed by atoms with E-state index in [4.69, 9.17) is 14.2 Å². The first-order valence-electron chi connectivity index (χ1n) is 10.8. The number of carbonyl (C=O) groups is 1. The normalized spacial score (nSPS) is 41.0. The van der Waals surface area contributed by atoms with Gasteiger partial charge in [-0.05, 0) is 36.9 Å². The van der Waals surface area contributed by atoms with Crippen LogP contribution in [0, 0.1) is 11.8 Å². The molecule has 0 aromatic heterocycles. The maximum Gasteiger partial charge on any atom is 0.229 e. The molecular weight excluding hydrogens is 368 g/mol. The molecule has 6 heteroatoms. The molecule has 5 aliphatic heterocycles. The summed E-state index contributed by atoms with van der Waals surface area (Å²) < 4.78 is 17.6. The average molecular weight is 394 g/mol. The van der Waals surface area contributed by atoms with Crippen LogP contribution in [0.15, 0.2) is 23.8 Å². The Morgan fingerprint density at radius 3 is 2.86 bits per heavy atom. The second-order valence-electron chi connectivity index (χ2n) is 9.48. The molecule has 6 nitrogen and oxygen atoms in total. The zero-order valence-electron chi connectivity index (χ0n) is 16.9. The van der Waals surface area contributed by atoms with Crippen LogP contribution < -0.4 is 14.4 Å². The van der Waals surface area contributed by atoms with Crippen LogP contribution in [0.4, 0.5) is 5.69 Å². The van der Waals surface area contributed by atoms with Crippen molar-refractivity contribution in [3.8, 4) is 11.5 Å². The van der Waals surface area contributed by atoms with Crippen molar-refractivity contribution in [1.29, 1.82) is 0 Å². The number of amides is 1. The number of rotatable bonds is 2. The molecule has 1 aromatic carbocycles. The Kier molecular flexibility index (Phi) is 3.08. The van der Waals surface area contributed by atoms with Crippen LogP contribution >= 0.6 is 0 Å². The number of nitrogens with zero attached hydrogens (tertiary/aromatic N) is 2. The van der Waals surface area contributed by atoms with Crippen LogP contribution in [-0.4, -0.2) is 62.9 Å². The summed E-state index contributed by atoms with van der Waals surface area (Å²) in [4.78, 5) is 18.3. The number of benzene rings is 1. The molecule has 0 unspecified atom stereocenters. The van der Waals surface area contributed by atoms with Crippen molar-refractivity contribution in [1.82, 2.24) is 4.90 Å². The molecule has 2 bridgehead atoms. The number of piperidine rings is 2. The lowest BCUT2D eigenvalue weighted by Crippen LogP contribution is -2.69. The summed E-state index contributed by atoms with van der Waals surface area (Å²) in [5.74, 6) is 2.57. The average Bonchev–Trinajstić information content (AvgIpc) is 3.20. The molecule has 29 heavy (non-hydrogen) atoms. The summed E-state index contributed by atoms with van der Waals surface area (Å²) in [6.45, 7) is 2.80. The summed E-state index contributed by atoms with van der Waals surface area (Å²) >= 11 is 0. The van der Waals surface area contributed by atoms with Crippen molar-refractivity contribution in [3.63, 3.8) is 0 Å². The molecular formula is C23H26N2O4. The van der Waals surface area contributed by atoms with Gasteiger partial charge in [0.2, 0.25) is 5.91 Å². The van der Waals surface area contributed by atoms with Crippen LogP contribution in [-0.2, 0) is 14.9 Å². The summed E-state index contributed by atoms with van der Waals surface area (Å²) in [5.41, 5.74) is 3.85. The molecule has 3 saturated heterocycles. The first-order valence-corrected chi connectivity index (χ1v) is 10.8. The third-order valence-electron chi connectivity index (χ3n) is 8.81. The monoisotopic (exact) mass is 394 g/mol. The summed E-state index contributed by atoms with van der Waals surface area (Å²) in [5, 5.41) is 0. The van der Waals surface area contributed by atoms with Crippen molar-refractivity contribution in [2.24, 2.45) is 11.8 Å². The van der Waals surface area contributed by atoms with Crippen LogP contribution in [0.3, 0.4) is 0 Å². The molecule has 0 N–H and O–H groups in total. The number of hydrogen-bond donors (Lipinski definition) is 0. The third-order valence-corrected chi connectivity index (χ3v) is 8.81. The Labute approximate surface area is 170 Å². The molecule has 152 valence electrons. The van der Waals surface area contributed by atoms with Gasteiger partial charge in [-0.2, -0.15) is 0 Å². The van der Waals surface area contributed by atoms with Gasteiger partial charge in [0.1, 0.15) is 0 Å². The molecule has 6 aliphatic rings. The molecule has 6 atom stereocenters. The number of methoxy groups -OCH3 is 2. The number of carbonyl (C=O) groups excluding carboxylic acids is 1. The smallest absolute Gasteiger partial charge is 0.229 e. The fourth-order valence-electron chi connectivity index (χ4n) is 7.87. The molecule has 7 rings (SSSR count). The van der Waals surface area contributed by atoms with E-state index in [-0.39, 0.29) is 23.5 Å². The highest BCUT2D eigenvalue weighted by Crippen LogP contribution is 2.66. The van der Waals surface area contributed by atoms with Gasteiger partial charge in [-0.15, -0.1) is 0 Å². The van der Waals surface area contributed by atoms with E-state index in [1.54, 1.807) is 19.8 Å². The number of fused-ring (bicyclic) bond motifs is 2. The third kappa shape index (κ3) is 1.76. The van der Waals surface area contributed by atoms with Gasteiger partial charge in [0, 0.05) is 30.0 Å². The van der Waals surface area contributed by atoms with E-state index in [0.717, 1.165) is 30.9 Å². The van der Waals surface area contributed by atoms with Gasteiger partial charge in [-0.3, -0.25) is 9.69 Å². The predicted octanol–water partition coefficient (Wildman–Crippen LogP) is 2.11. The Morgan fingerprint density at radius 1 is 1.21 bits per heavy atom. The van der Waals surface area contributed by atoms with E-state index in [1.807, 2.05) is 6.07 Å². The van der Waals surface area contributed by atoms with Crippen LogP contribution in [0.1, 0.15) is 24.8 Å². The summed E-state index contributed by atoms with van der Waals surface area (Å²) in [6, 6.07) is 4.87. The maximum atomic E-state index is 13.5. The van der Waals surface area contributed by atoms with Crippen LogP contribution in [0.2, 0.25) is 0 Å².